The van der Waals surface area contributed by atoms with Crippen LogP contribution in [0.5, 0.6) is 11.5 Å². The van der Waals surface area contributed by atoms with Crippen molar-refractivity contribution in [1.82, 2.24) is 13.9 Å². The summed E-state index contributed by atoms with van der Waals surface area (Å²) in [5.74, 6) is -1.18. The van der Waals surface area contributed by atoms with Gasteiger partial charge in [-0.2, -0.15) is 4.31 Å². The molecule has 1 fully saturated rings. The van der Waals surface area contributed by atoms with E-state index in [0.29, 0.717) is 23.4 Å². The van der Waals surface area contributed by atoms with Crippen LogP contribution in [0.2, 0.25) is 5.02 Å². The van der Waals surface area contributed by atoms with Gasteiger partial charge in [0.15, 0.2) is 0 Å². The van der Waals surface area contributed by atoms with Crippen molar-refractivity contribution >= 4 is 27.6 Å². The van der Waals surface area contributed by atoms with Gasteiger partial charge in [0, 0.05) is 35.9 Å². The molecule has 1 aromatic heterocycles. The molecule has 184 valence electrons. The van der Waals surface area contributed by atoms with Crippen molar-refractivity contribution in [2.75, 3.05) is 13.1 Å². The monoisotopic (exact) mass is 519 g/mol. The maximum Gasteiger partial charge on any atom is 0.339 e. The number of aryl methyl sites for hydroxylation is 1. The Hall–Kier alpha value is -3.41. The highest BCUT2D eigenvalue weighted by Crippen LogP contribution is 2.32. The summed E-state index contributed by atoms with van der Waals surface area (Å²) < 4.78 is 35.2. The summed E-state index contributed by atoms with van der Waals surface area (Å²) in [6.45, 7) is 1.80. The molecule has 4 rings (SSSR count). The predicted molar refractivity (Wildman–Crippen MR) is 128 cm³/mol. The Morgan fingerprint density at radius 2 is 1.97 bits per heavy atom. The lowest BCUT2D eigenvalue weighted by Crippen LogP contribution is -2.44. The summed E-state index contributed by atoms with van der Waals surface area (Å²) in [6, 6.07) is 9.37. The van der Waals surface area contributed by atoms with Crippen molar-refractivity contribution in [2.45, 2.75) is 30.7 Å². The smallest absolute Gasteiger partial charge is 0.339 e. The van der Waals surface area contributed by atoms with Gasteiger partial charge in [0.25, 0.3) is 5.56 Å². The van der Waals surface area contributed by atoms with E-state index < -0.39 is 33.3 Å². The number of nitrogens with one attached hydrogen (secondary N) is 1. The first kappa shape index (κ1) is 24.7. The van der Waals surface area contributed by atoms with Gasteiger partial charge in [-0.15, -0.1) is 0 Å². The number of aromatic amines is 1. The van der Waals surface area contributed by atoms with Crippen LogP contribution in [0.1, 0.15) is 34.8 Å². The molecule has 10 nitrogen and oxygen atoms in total. The van der Waals surface area contributed by atoms with Crippen molar-refractivity contribution in [3.05, 3.63) is 85.6 Å². The standard InChI is InChI=1S/C23H22ClN3O7S/c1-14-12-27(23(31)25-21(14)28)16-5-3-9-26(13-16)35(32,33)18-7-8-19(22(29)30)20(11-18)34-17-6-2-4-15(24)10-17/h2,4,6-8,10-12,16H,3,5,9,13H2,1H3,(H,29,30)(H,25,28,31)/t16-/m0/s1. The zero-order valence-corrected chi connectivity index (χ0v) is 20.2. The van der Waals surface area contributed by atoms with Gasteiger partial charge in [-0.1, -0.05) is 17.7 Å². The van der Waals surface area contributed by atoms with Gasteiger partial charge < -0.3 is 9.84 Å². The number of nitrogens with zero attached hydrogens (tertiary/aromatic N) is 2. The molecule has 2 aromatic carbocycles. The molecule has 12 heteroatoms. The molecule has 1 aliphatic rings. The summed E-state index contributed by atoms with van der Waals surface area (Å²) in [6.07, 6.45) is 2.48. The lowest BCUT2D eigenvalue weighted by atomic mass is 10.1. The Bertz CT molecular complexity index is 1510. The Kier molecular flexibility index (Phi) is 6.84. The van der Waals surface area contributed by atoms with E-state index in [-0.39, 0.29) is 35.0 Å². The molecule has 2 heterocycles. The fraction of sp³-hybridized carbons (Fsp3) is 0.261. The van der Waals surface area contributed by atoms with Gasteiger partial charge in [-0.25, -0.2) is 18.0 Å². The van der Waals surface area contributed by atoms with Crippen LogP contribution in [0.25, 0.3) is 0 Å². The number of aromatic carboxylic acids is 1. The number of H-pyrrole nitrogens is 1. The van der Waals surface area contributed by atoms with Gasteiger partial charge in [0.05, 0.1) is 10.9 Å². The largest absolute Gasteiger partial charge is 0.478 e. The number of benzene rings is 2. The third-order valence-corrected chi connectivity index (χ3v) is 7.84. The highest BCUT2D eigenvalue weighted by molar-refractivity contribution is 7.89. The fourth-order valence-electron chi connectivity index (χ4n) is 3.95. The van der Waals surface area contributed by atoms with E-state index >= 15 is 0 Å². The molecule has 0 aliphatic carbocycles. The molecular formula is C23H22ClN3O7S. The Morgan fingerprint density at radius 3 is 2.69 bits per heavy atom. The average Bonchev–Trinajstić information content (AvgIpc) is 2.81. The number of hydrogen-bond acceptors (Lipinski definition) is 6. The van der Waals surface area contributed by atoms with Crippen molar-refractivity contribution < 1.29 is 23.1 Å². The number of carbonyl (C=O) groups is 1. The van der Waals surface area contributed by atoms with Crippen LogP contribution in [0.3, 0.4) is 0 Å². The van der Waals surface area contributed by atoms with Crippen LogP contribution in [0.15, 0.2) is 63.1 Å². The van der Waals surface area contributed by atoms with Crippen molar-refractivity contribution in [3.8, 4) is 11.5 Å². The van der Waals surface area contributed by atoms with E-state index in [0.717, 1.165) is 0 Å². The van der Waals surface area contributed by atoms with Gasteiger partial charge in [0.1, 0.15) is 17.1 Å². The number of aromatic nitrogens is 2. The molecule has 0 spiro atoms. The minimum absolute atomic E-state index is 0.0128. The second-order valence-electron chi connectivity index (χ2n) is 8.16. The highest BCUT2D eigenvalue weighted by Gasteiger charge is 2.32. The zero-order valence-electron chi connectivity index (χ0n) is 18.6. The fourth-order valence-corrected chi connectivity index (χ4v) is 5.67. The maximum atomic E-state index is 13.5. The summed E-state index contributed by atoms with van der Waals surface area (Å²) in [5.41, 5.74) is -0.961. The number of carboxylic acids is 1. The number of hydrogen-bond donors (Lipinski definition) is 2. The average molecular weight is 520 g/mol. The summed E-state index contributed by atoms with van der Waals surface area (Å²) in [4.78, 5) is 37.8. The van der Waals surface area contributed by atoms with Gasteiger partial charge in [-0.3, -0.25) is 14.3 Å². The molecule has 1 aliphatic heterocycles. The molecule has 0 bridgehead atoms. The second-order valence-corrected chi connectivity index (χ2v) is 10.5. The normalized spacial score (nSPS) is 16.7. The van der Waals surface area contributed by atoms with Crippen LogP contribution in [0.4, 0.5) is 0 Å². The molecule has 1 saturated heterocycles. The maximum absolute atomic E-state index is 13.5. The quantitative estimate of drug-likeness (QED) is 0.510. The number of piperidine rings is 1. The minimum Gasteiger partial charge on any atom is -0.478 e. The second kappa shape index (κ2) is 9.68. The lowest BCUT2D eigenvalue weighted by Gasteiger charge is -2.33. The minimum atomic E-state index is -4.05. The van der Waals surface area contributed by atoms with E-state index in [9.17, 15) is 27.9 Å². The summed E-state index contributed by atoms with van der Waals surface area (Å²) >= 11 is 5.97. The number of sulfonamides is 1. The molecule has 0 saturated carbocycles. The molecule has 0 radical (unpaired) electrons. The van der Waals surface area contributed by atoms with E-state index in [1.165, 1.54) is 39.3 Å². The highest BCUT2D eigenvalue weighted by atomic mass is 35.5. The Labute approximate surface area is 205 Å². The van der Waals surface area contributed by atoms with Gasteiger partial charge in [-0.05, 0) is 50.1 Å². The van der Waals surface area contributed by atoms with E-state index in [4.69, 9.17) is 16.3 Å². The van der Waals surface area contributed by atoms with Crippen molar-refractivity contribution in [3.63, 3.8) is 0 Å². The molecule has 0 unspecified atom stereocenters. The van der Waals surface area contributed by atoms with Crippen LogP contribution in [-0.2, 0) is 10.0 Å². The Morgan fingerprint density at radius 1 is 1.20 bits per heavy atom. The third kappa shape index (κ3) is 5.16. The number of carboxylic acid groups (broad SMARTS) is 1. The van der Waals surface area contributed by atoms with Crippen LogP contribution in [-0.4, -0.2) is 46.4 Å². The van der Waals surface area contributed by atoms with Crippen LogP contribution in [0, 0.1) is 6.92 Å². The first-order chi connectivity index (χ1) is 16.6. The van der Waals surface area contributed by atoms with Gasteiger partial charge in [0.2, 0.25) is 10.0 Å². The number of rotatable bonds is 6. The molecule has 3 aromatic rings. The molecule has 0 amide bonds. The zero-order chi connectivity index (χ0) is 25.3. The predicted octanol–water partition coefficient (Wildman–Crippen LogP) is 3.01. The van der Waals surface area contributed by atoms with Crippen LogP contribution < -0.4 is 16.0 Å². The summed E-state index contributed by atoms with van der Waals surface area (Å²) in [5, 5.41) is 9.92. The number of ether oxygens (including phenoxy) is 1. The molecular weight excluding hydrogens is 498 g/mol. The van der Waals surface area contributed by atoms with E-state index in [1.807, 2.05) is 0 Å². The first-order valence-corrected chi connectivity index (χ1v) is 12.5. The molecule has 2 N–H and O–H groups in total. The van der Waals surface area contributed by atoms with Crippen molar-refractivity contribution in [1.29, 1.82) is 0 Å². The van der Waals surface area contributed by atoms with Crippen molar-refractivity contribution in [2.24, 2.45) is 0 Å². The third-order valence-electron chi connectivity index (χ3n) is 5.74. The summed E-state index contributed by atoms with van der Waals surface area (Å²) in [7, 11) is -4.05. The number of halogens is 1. The van der Waals surface area contributed by atoms with E-state index in [1.54, 1.807) is 25.1 Å². The lowest BCUT2D eigenvalue weighted by molar-refractivity contribution is 0.0694. The Balaban J connectivity index is 1.67. The molecule has 1 atom stereocenters. The van der Waals surface area contributed by atoms with Crippen LogP contribution >= 0.6 is 11.6 Å². The van der Waals surface area contributed by atoms with Gasteiger partial charge >= 0.3 is 11.7 Å². The first-order valence-electron chi connectivity index (χ1n) is 10.7. The SMILES string of the molecule is Cc1cn([C@H]2CCCN(S(=O)(=O)c3ccc(C(=O)O)c(Oc4cccc(Cl)c4)c3)C2)c(=O)[nH]c1=O. The molecule has 35 heavy (non-hydrogen) atoms. The van der Waals surface area contributed by atoms with E-state index in [2.05, 4.69) is 4.98 Å². The topological polar surface area (TPSA) is 139 Å².